The molecular weight excluding hydrogens is 218 g/mol. The first-order valence-corrected chi connectivity index (χ1v) is 5.74. The number of likely N-dealkylation sites (tertiary alicyclic amines) is 1. The fourth-order valence-electron chi connectivity index (χ4n) is 2.25. The average molecular weight is 235 g/mol. The lowest BCUT2D eigenvalue weighted by Gasteiger charge is -2.26. The lowest BCUT2D eigenvalue weighted by atomic mass is 10.2. The zero-order valence-electron chi connectivity index (χ0n) is 10.2. The Morgan fingerprint density at radius 3 is 2.53 bits per heavy atom. The summed E-state index contributed by atoms with van der Waals surface area (Å²) in [7, 11) is 4.16. The fourth-order valence-corrected chi connectivity index (χ4v) is 2.25. The molecule has 0 bridgehead atoms. The van der Waals surface area contributed by atoms with Gasteiger partial charge in [0, 0.05) is 37.5 Å². The van der Waals surface area contributed by atoms with Gasteiger partial charge in [0.25, 0.3) is 5.69 Å². The van der Waals surface area contributed by atoms with E-state index < -0.39 is 0 Å². The molecule has 1 fully saturated rings. The maximum absolute atomic E-state index is 10.6. The van der Waals surface area contributed by atoms with Gasteiger partial charge in [-0.05, 0) is 32.1 Å². The van der Waals surface area contributed by atoms with Crippen LogP contribution in [0.4, 0.5) is 11.4 Å². The van der Waals surface area contributed by atoms with E-state index in [0.29, 0.717) is 6.04 Å². The number of nitrogens with zero attached hydrogens (tertiary/aromatic N) is 3. The summed E-state index contributed by atoms with van der Waals surface area (Å²) in [6.07, 6.45) is 1.14. The lowest BCUT2D eigenvalue weighted by molar-refractivity contribution is -0.384. The topological polar surface area (TPSA) is 49.6 Å². The maximum atomic E-state index is 10.6. The van der Waals surface area contributed by atoms with Crippen LogP contribution in [-0.2, 0) is 0 Å². The first kappa shape index (κ1) is 11.9. The van der Waals surface area contributed by atoms with Crippen LogP contribution in [0, 0.1) is 10.1 Å². The third kappa shape index (κ3) is 2.55. The van der Waals surface area contributed by atoms with Crippen molar-refractivity contribution in [2.45, 2.75) is 12.5 Å². The minimum Gasteiger partial charge on any atom is -0.370 e. The minimum atomic E-state index is -0.368. The second kappa shape index (κ2) is 4.71. The van der Waals surface area contributed by atoms with Crippen molar-refractivity contribution in [1.29, 1.82) is 0 Å². The van der Waals surface area contributed by atoms with Crippen LogP contribution in [0.25, 0.3) is 0 Å². The largest absolute Gasteiger partial charge is 0.370 e. The van der Waals surface area contributed by atoms with Gasteiger partial charge in [0.2, 0.25) is 0 Å². The third-order valence-electron chi connectivity index (χ3n) is 3.38. The zero-order valence-corrected chi connectivity index (χ0v) is 10.2. The monoisotopic (exact) mass is 235 g/mol. The molecule has 1 saturated heterocycles. The van der Waals surface area contributed by atoms with Crippen molar-refractivity contribution >= 4 is 11.4 Å². The number of anilines is 1. The molecule has 2 rings (SSSR count). The Balaban J connectivity index is 2.09. The van der Waals surface area contributed by atoms with Crippen molar-refractivity contribution in [3.05, 3.63) is 34.4 Å². The highest BCUT2D eigenvalue weighted by molar-refractivity contribution is 5.51. The summed E-state index contributed by atoms with van der Waals surface area (Å²) in [5, 5.41) is 10.6. The summed E-state index contributed by atoms with van der Waals surface area (Å²) in [4.78, 5) is 14.7. The first-order chi connectivity index (χ1) is 8.08. The number of hydrogen-bond acceptors (Lipinski definition) is 4. The van der Waals surface area contributed by atoms with Crippen molar-refractivity contribution in [2.75, 3.05) is 32.1 Å². The van der Waals surface area contributed by atoms with Crippen LogP contribution in [0.15, 0.2) is 24.3 Å². The average Bonchev–Trinajstić information content (AvgIpc) is 2.75. The summed E-state index contributed by atoms with van der Waals surface area (Å²) in [5.74, 6) is 0. The fraction of sp³-hybridized carbons (Fsp3) is 0.500. The molecule has 0 saturated carbocycles. The number of rotatable bonds is 3. The SMILES string of the molecule is CN1CCC(N(C)c2ccc([N+](=O)[O-])cc2)C1. The standard InChI is InChI=1S/C12H17N3O2/c1-13-8-7-12(9-13)14(2)10-3-5-11(6-4-10)15(16)17/h3-6,12H,7-9H2,1-2H3. The first-order valence-electron chi connectivity index (χ1n) is 5.74. The molecule has 1 aromatic carbocycles. The van der Waals surface area contributed by atoms with E-state index in [9.17, 15) is 10.1 Å². The van der Waals surface area contributed by atoms with Gasteiger partial charge in [0.15, 0.2) is 0 Å². The van der Waals surface area contributed by atoms with Crippen LogP contribution in [0.3, 0.4) is 0 Å². The minimum absolute atomic E-state index is 0.144. The van der Waals surface area contributed by atoms with Crippen LogP contribution in [0.5, 0.6) is 0 Å². The highest BCUT2D eigenvalue weighted by atomic mass is 16.6. The van der Waals surface area contributed by atoms with Crippen LogP contribution in [0.1, 0.15) is 6.42 Å². The molecule has 1 unspecified atom stereocenters. The smallest absolute Gasteiger partial charge is 0.269 e. The molecule has 0 spiro atoms. The second-order valence-corrected chi connectivity index (χ2v) is 4.59. The molecule has 0 N–H and O–H groups in total. The number of hydrogen-bond donors (Lipinski definition) is 0. The second-order valence-electron chi connectivity index (χ2n) is 4.59. The molecule has 5 heteroatoms. The van der Waals surface area contributed by atoms with Crippen LogP contribution in [-0.4, -0.2) is 43.0 Å². The summed E-state index contributed by atoms with van der Waals surface area (Å²) in [6, 6.07) is 7.25. The molecular formula is C12H17N3O2. The van der Waals surface area contributed by atoms with Crippen molar-refractivity contribution in [2.24, 2.45) is 0 Å². The van der Waals surface area contributed by atoms with Crippen molar-refractivity contribution in [3.63, 3.8) is 0 Å². The molecule has 0 radical (unpaired) electrons. The summed E-state index contributed by atoms with van der Waals surface area (Å²) >= 11 is 0. The Hall–Kier alpha value is -1.62. The Morgan fingerprint density at radius 1 is 1.41 bits per heavy atom. The van der Waals surface area contributed by atoms with Gasteiger partial charge in [-0.15, -0.1) is 0 Å². The number of benzene rings is 1. The Labute approximate surface area is 101 Å². The van der Waals surface area contributed by atoms with Crippen molar-refractivity contribution in [3.8, 4) is 0 Å². The summed E-state index contributed by atoms with van der Waals surface area (Å²) < 4.78 is 0. The van der Waals surface area contributed by atoms with E-state index in [1.807, 2.05) is 19.2 Å². The summed E-state index contributed by atoms with van der Waals surface area (Å²) in [6.45, 7) is 2.16. The molecule has 1 aliphatic heterocycles. The van der Waals surface area contributed by atoms with Crippen molar-refractivity contribution < 1.29 is 4.92 Å². The van der Waals surface area contributed by atoms with Gasteiger partial charge < -0.3 is 9.80 Å². The molecule has 92 valence electrons. The van der Waals surface area contributed by atoms with Crippen LogP contribution < -0.4 is 4.90 Å². The van der Waals surface area contributed by atoms with Gasteiger partial charge in [-0.25, -0.2) is 0 Å². The van der Waals surface area contributed by atoms with E-state index in [4.69, 9.17) is 0 Å². The number of nitro groups is 1. The van der Waals surface area contributed by atoms with E-state index in [0.717, 1.165) is 25.2 Å². The molecule has 1 aromatic rings. The highest BCUT2D eigenvalue weighted by Crippen LogP contribution is 2.23. The Bertz CT molecular complexity index is 405. The van der Waals surface area contributed by atoms with E-state index in [1.54, 1.807) is 12.1 Å². The highest BCUT2D eigenvalue weighted by Gasteiger charge is 2.23. The van der Waals surface area contributed by atoms with Gasteiger partial charge in [-0.2, -0.15) is 0 Å². The molecule has 0 aliphatic carbocycles. The molecule has 1 atom stereocenters. The van der Waals surface area contributed by atoms with Gasteiger partial charge >= 0.3 is 0 Å². The van der Waals surface area contributed by atoms with E-state index >= 15 is 0 Å². The lowest BCUT2D eigenvalue weighted by Crippen LogP contribution is -2.33. The molecule has 0 amide bonds. The predicted octanol–water partition coefficient (Wildman–Crippen LogP) is 1.74. The quantitative estimate of drug-likeness (QED) is 0.591. The van der Waals surface area contributed by atoms with Crippen LogP contribution >= 0.6 is 0 Å². The van der Waals surface area contributed by atoms with E-state index in [-0.39, 0.29) is 10.6 Å². The zero-order chi connectivity index (χ0) is 12.4. The number of non-ortho nitro benzene ring substituents is 1. The van der Waals surface area contributed by atoms with E-state index in [2.05, 4.69) is 16.8 Å². The van der Waals surface area contributed by atoms with Gasteiger partial charge in [0.05, 0.1) is 4.92 Å². The predicted molar refractivity (Wildman–Crippen MR) is 67.4 cm³/mol. The normalized spacial score (nSPS) is 20.5. The maximum Gasteiger partial charge on any atom is 0.269 e. The van der Waals surface area contributed by atoms with Crippen molar-refractivity contribution in [1.82, 2.24) is 4.90 Å². The molecule has 1 aliphatic rings. The number of likely N-dealkylation sites (N-methyl/N-ethyl adjacent to an activating group) is 2. The third-order valence-corrected chi connectivity index (χ3v) is 3.38. The Morgan fingerprint density at radius 2 is 2.06 bits per heavy atom. The molecule has 1 heterocycles. The van der Waals surface area contributed by atoms with E-state index in [1.165, 1.54) is 0 Å². The molecule has 17 heavy (non-hydrogen) atoms. The van der Waals surface area contributed by atoms with Gasteiger partial charge in [-0.3, -0.25) is 10.1 Å². The Kier molecular flexibility index (Phi) is 3.28. The van der Waals surface area contributed by atoms with Gasteiger partial charge in [0.1, 0.15) is 0 Å². The van der Waals surface area contributed by atoms with Crippen LogP contribution in [0.2, 0.25) is 0 Å². The van der Waals surface area contributed by atoms with Gasteiger partial charge in [-0.1, -0.05) is 0 Å². The molecule has 0 aromatic heterocycles. The summed E-state index contributed by atoms with van der Waals surface area (Å²) in [5.41, 5.74) is 1.18. The molecule has 5 nitrogen and oxygen atoms in total. The number of nitro benzene ring substituents is 1.